The van der Waals surface area contributed by atoms with E-state index in [1.807, 2.05) is 0 Å². The molecule has 0 aliphatic rings. The van der Waals surface area contributed by atoms with Crippen molar-refractivity contribution in [3.05, 3.63) is 64.7 Å². The number of halogens is 1. The summed E-state index contributed by atoms with van der Waals surface area (Å²) >= 11 is 5.82. The summed E-state index contributed by atoms with van der Waals surface area (Å²) in [5.41, 5.74) is 1.04. The van der Waals surface area contributed by atoms with Crippen molar-refractivity contribution in [2.75, 3.05) is 7.11 Å². The van der Waals surface area contributed by atoms with E-state index in [0.717, 1.165) is 0 Å². The number of methoxy groups -OCH3 is 1. The fourth-order valence-corrected chi connectivity index (χ4v) is 2.22. The highest BCUT2D eigenvalue weighted by Crippen LogP contribution is 2.20. The summed E-state index contributed by atoms with van der Waals surface area (Å²) in [7, 11) is 1.53. The number of hydrogen-bond donors (Lipinski definition) is 1. The fourth-order valence-electron chi connectivity index (χ4n) is 2.10. The van der Waals surface area contributed by atoms with Gasteiger partial charge in [0.2, 0.25) is 0 Å². The van der Waals surface area contributed by atoms with Crippen LogP contribution in [0.5, 0.6) is 5.75 Å². The monoisotopic (exact) mass is 332 g/mol. The van der Waals surface area contributed by atoms with Crippen molar-refractivity contribution >= 4 is 23.5 Å². The molecule has 23 heavy (non-hydrogen) atoms. The lowest BCUT2D eigenvalue weighted by molar-refractivity contribution is -0.306. The minimum absolute atomic E-state index is 0.330. The molecule has 0 aromatic heterocycles. The van der Waals surface area contributed by atoms with Crippen LogP contribution in [-0.4, -0.2) is 19.0 Å². The number of amides is 1. The first-order valence-corrected chi connectivity index (χ1v) is 7.27. The highest BCUT2D eigenvalue weighted by molar-refractivity contribution is 6.30. The second-order valence-electron chi connectivity index (χ2n) is 4.88. The minimum atomic E-state index is -1.25. The van der Waals surface area contributed by atoms with Gasteiger partial charge in [-0.2, -0.15) is 0 Å². The van der Waals surface area contributed by atoms with Crippen molar-refractivity contribution in [2.24, 2.45) is 0 Å². The normalized spacial score (nSPS) is 11.6. The average Bonchev–Trinajstić information content (AvgIpc) is 2.54. The van der Waals surface area contributed by atoms with Gasteiger partial charge in [-0.25, -0.2) is 0 Å². The van der Waals surface area contributed by atoms with E-state index in [-0.39, 0.29) is 12.3 Å². The Labute approximate surface area is 138 Å². The van der Waals surface area contributed by atoms with Crippen LogP contribution in [0.2, 0.25) is 5.02 Å². The molecular weight excluding hydrogens is 318 g/mol. The molecule has 6 heteroatoms. The quantitative estimate of drug-likeness (QED) is 0.877. The van der Waals surface area contributed by atoms with Crippen LogP contribution in [0.25, 0.3) is 0 Å². The Bertz CT molecular complexity index is 683. The number of ether oxygens (including phenoxy) is 1. The predicted octanol–water partition coefficient (Wildman–Crippen LogP) is 1.96. The van der Waals surface area contributed by atoms with E-state index in [1.54, 1.807) is 48.5 Å². The number of nitrogens with one attached hydrogen (secondary N) is 1. The van der Waals surface area contributed by atoms with Gasteiger partial charge in [0.15, 0.2) is 0 Å². The van der Waals surface area contributed by atoms with Crippen molar-refractivity contribution < 1.29 is 19.4 Å². The molecule has 5 nitrogen and oxygen atoms in total. The van der Waals surface area contributed by atoms with E-state index in [4.69, 9.17) is 16.3 Å². The maximum absolute atomic E-state index is 12.3. The summed E-state index contributed by atoms with van der Waals surface area (Å²) in [6.45, 7) is 0. The van der Waals surface area contributed by atoms with E-state index in [0.29, 0.717) is 21.9 Å². The molecule has 2 aromatic carbocycles. The van der Waals surface area contributed by atoms with Crippen molar-refractivity contribution in [3.63, 3.8) is 0 Å². The highest BCUT2D eigenvalue weighted by Gasteiger charge is 2.16. The summed E-state index contributed by atoms with van der Waals surface area (Å²) in [6, 6.07) is 12.4. The molecule has 0 saturated heterocycles. The smallest absolute Gasteiger partial charge is 0.251 e. The van der Waals surface area contributed by atoms with E-state index in [9.17, 15) is 14.7 Å². The van der Waals surface area contributed by atoms with E-state index < -0.39 is 12.0 Å². The Morgan fingerprint density at radius 3 is 2.26 bits per heavy atom. The van der Waals surface area contributed by atoms with Crippen LogP contribution >= 0.6 is 11.6 Å². The zero-order valence-electron chi connectivity index (χ0n) is 12.4. The molecule has 0 saturated carbocycles. The highest BCUT2D eigenvalue weighted by atomic mass is 35.5. The largest absolute Gasteiger partial charge is 0.550 e. The standard InChI is InChI=1S/C17H16ClNO4/c1-23-14-8-4-12(5-9-14)17(22)19-15(10-16(20)21)11-2-6-13(18)7-3-11/h2-9,15H,10H2,1H3,(H,19,22)(H,20,21)/p-1/t15-/m1/s1. The van der Waals surface area contributed by atoms with Crippen LogP contribution in [0.15, 0.2) is 48.5 Å². The number of hydrogen-bond acceptors (Lipinski definition) is 4. The lowest BCUT2D eigenvalue weighted by atomic mass is 10.0. The Morgan fingerprint density at radius 1 is 1.13 bits per heavy atom. The van der Waals surface area contributed by atoms with Crippen LogP contribution in [0.1, 0.15) is 28.4 Å². The first-order chi connectivity index (χ1) is 11.0. The summed E-state index contributed by atoms with van der Waals surface area (Å²) < 4.78 is 5.03. The minimum Gasteiger partial charge on any atom is -0.550 e. The third kappa shape index (κ3) is 4.72. The van der Waals surface area contributed by atoms with Crippen molar-refractivity contribution in [3.8, 4) is 5.75 Å². The molecule has 0 bridgehead atoms. The first kappa shape index (κ1) is 16.8. The van der Waals surface area contributed by atoms with Crippen molar-refractivity contribution in [1.29, 1.82) is 0 Å². The number of carbonyl (C=O) groups is 2. The van der Waals surface area contributed by atoms with Gasteiger partial charge in [-0.05, 0) is 42.0 Å². The van der Waals surface area contributed by atoms with Crippen LogP contribution in [0.4, 0.5) is 0 Å². The molecule has 1 atom stereocenters. The van der Waals surface area contributed by atoms with Crippen LogP contribution in [0.3, 0.4) is 0 Å². The molecule has 0 spiro atoms. The number of rotatable bonds is 6. The number of carboxylic acid groups (broad SMARTS) is 1. The average molecular weight is 333 g/mol. The number of carboxylic acids is 1. The van der Waals surface area contributed by atoms with Crippen molar-refractivity contribution in [2.45, 2.75) is 12.5 Å². The molecule has 1 amide bonds. The van der Waals surface area contributed by atoms with Gasteiger partial charge in [0, 0.05) is 23.0 Å². The maximum atomic E-state index is 12.3. The molecule has 0 fully saturated rings. The summed E-state index contributed by atoms with van der Waals surface area (Å²) in [5, 5.41) is 14.2. The van der Waals surface area contributed by atoms with Gasteiger partial charge in [-0.15, -0.1) is 0 Å². The summed E-state index contributed by atoms with van der Waals surface area (Å²) in [4.78, 5) is 23.2. The molecule has 0 aliphatic heterocycles. The number of benzene rings is 2. The van der Waals surface area contributed by atoms with Gasteiger partial charge in [0.25, 0.3) is 5.91 Å². The first-order valence-electron chi connectivity index (χ1n) is 6.90. The number of carbonyl (C=O) groups excluding carboxylic acids is 2. The topological polar surface area (TPSA) is 78.5 Å². The molecule has 2 aromatic rings. The lowest BCUT2D eigenvalue weighted by Crippen LogP contribution is -2.34. The lowest BCUT2D eigenvalue weighted by Gasteiger charge is -2.20. The molecule has 0 radical (unpaired) electrons. The van der Waals surface area contributed by atoms with Gasteiger partial charge in [-0.1, -0.05) is 23.7 Å². The maximum Gasteiger partial charge on any atom is 0.251 e. The molecular formula is C17H15ClNO4-. The second-order valence-corrected chi connectivity index (χ2v) is 5.32. The second kappa shape index (κ2) is 7.65. The molecule has 120 valence electrons. The summed E-state index contributed by atoms with van der Waals surface area (Å²) in [6.07, 6.45) is -0.330. The van der Waals surface area contributed by atoms with E-state index >= 15 is 0 Å². The molecule has 1 N–H and O–H groups in total. The predicted molar refractivity (Wildman–Crippen MR) is 84.3 cm³/mol. The van der Waals surface area contributed by atoms with Crippen LogP contribution < -0.4 is 15.2 Å². The Hall–Kier alpha value is -2.53. The van der Waals surface area contributed by atoms with E-state index in [1.165, 1.54) is 7.11 Å². The Balaban J connectivity index is 2.17. The molecule has 2 rings (SSSR count). The van der Waals surface area contributed by atoms with Gasteiger partial charge in [0.05, 0.1) is 13.2 Å². The number of aliphatic carboxylic acids is 1. The van der Waals surface area contributed by atoms with Gasteiger partial charge in [0.1, 0.15) is 5.75 Å². The SMILES string of the molecule is COc1ccc(C(=O)N[C@H](CC(=O)[O-])c2ccc(Cl)cc2)cc1. The Kier molecular flexibility index (Phi) is 5.60. The van der Waals surface area contributed by atoms with Gasteiger partial charge in [-0.3, -0.25) is 4.79 Å². The van der Waals surface area contributed by atoms with E-state index in [2.05, 4.69) is 5.32 Å². The van der Waals surface area contributed by atoms with Crippen molar-refractivity contribution in [1.82, 2.24) is 5.32 Å². The Morgan fingerprint density at radius 2 is 1.74 bits per heavy atom. The van der Waals surface area contributed by atoms with Crippen LogP contribution in [0, 0.1) is 0 Å². The third-order valence-corrected chi connectivity index (χ3v) is 3.55. The molecule has 0 aliphatic carbocycles. The molecule has 0 unspecified atom stereocenters. The van der Waals surface area contributed by atoms with Crippen LogP contribution in [-0.2, 0) is 4.79 Å². The van der Waals surface area contributed by atoms with Gasteiger partial charge < -0.3 is 20.0 Å². The van der Waals surface area contributed by atoms with Gasteiger partial charge >= 0.3 is 0 Å². The molecule has 0 heterocycles. The third-order valence-electron chi connectivity index (χ3n) is 3.30. The zero-order valence-corrected chi connectivity index (χ0v) is 13.2. The zero-order chi connectivity index (χ0) is 16.8. The fraction of sp³-hybridized carbons (Fsp3) is 0.176. The summed E-state index contributed by atoms with van der Waals surface area (Å²) in [5.74, 6) is -1.00.